The van der Waals surface area contributed by atoms with E-state index in [1.165, 1.54) is 7.11 Å². The minimum absolute atomic E-state index is 0.295. The smallest absolute Gasteiger partial charge is 0.346 e. The number of ether oxygens (including phenoxy) is 2. The van der Waals surface area contributed by atoms with Crippen molar-refractivity contribution in [3.8, 4) is 5.75 Å². The highest BCUT2D eigenvalue weighted by Gasteiger charge is 2.16. The van der Waals surface area contributed by atoms with Gasteiger partial charge in [0.2, 0.25) is 0 Å². The van der Waals surface area contributed by atoms with Gasteiger partial charge in [-0.1, -0.05) is 11.6 Å². The third kappa shape index (κ3) is 3.12. The molecule has 1 unspecified atom stereocenters. The maximum atomic E-state index is 11.2. The molecular weight excluding hydrogens is 230 g/mol. The van der Waals surface area contributed by atoms with Crippen molar-refractivity contribution >= 4 is 17.6 Å². The zero-order valence-electron chi connectivity index (χ0n) is 9.20. The van der Waals surface area contributed by atoms with Crippen molar-refractivity contribution in [3.05, 3.63) is 28.8 Å². The van der Waals surface area contributed by atoms with Crippen molar-refractivity contribution in [2.75, 3.05) is 7.11 Å². The molecule has 0 spiro atoms. The first-order valence-corrected chi connectivity index (χ1v) is 5.19. The normalized spacial score (nSPS) is 12.0. The second kappa shape index (κ2) is 5.72. The Morgan fingerprint density at radius 2 is 2.25 bits per heavy atom. The van der Waals surface area contributed by atoms with Gasteiger partial charge in [0.05, 0.1) is 7.11 Å². The molecule has 88 valence electrons. The largest absolute Gasteiger partial charge is 0.479 e. The van der Waals surface area contributed by atoms with Crippen LogP contribution in [0.3, 0.4) is 0 Å². The first kappa shape index (κ1) is 12.8. The van der Waals surface area contributed by atoms with Crippen molar-refractivity contribution in [3.63, 3.8) is 0 Å². The molecule has 16 heavy (non-hydrogen) atoms. The summed E-state index contributed by atoms with van der Waals surface area (Å²) in [5.41, 5.74) is 6.30. The van der Waals surface area contributed by atoms with Gasteiger partial charge in [-0.3, -0.25) is 0 Å². The summed E-state index contributed by atoms with van der Waals surface area (Å²) in [4.78, 5) is 11.2. The Morgan fingerprint density at radius 3 is 2.81 bits per heavy atom. The molecule has 1 rings (SSSR count). The molecule has 1 atom stereocenters. The molecule has 2 N–H and O–H groups in total. The van der Waals surface area contributed by atoms with E-state index in [-0.39, 0.29) is 0 Å². The Labute approximate surface area is 99.3 Å². The van der Waals surface area contributed by atoms with E-state index in [1.807, 2.05) is 0 Å². The van der Waals surface area contributed by atoms with Gasteiger partial charge in [-0.05, 0) is 25.1 Å². The van der Waals surface area contributed by atoms with E-state index in [1.54, 1.807) is 25.1 Å². The minimum Gasteiger partial charge on any atom is -0.479 e. The summed E-state index contributed by atoms with van der Waals surface area (Å²) in [5.74, 6) is 0.114. The monoisotopic (exact) mass is 243 g/mol. The average Bonchev–Trinajstić information content (AvgIpc) is 2.30. The summed E-state index contributed by atoms with van der Waals surface area (Å²) in [6.45, 7) is 1.91. The number of benzene rings is 1. The highest BCUT2D eigenvalue weighted by Crippen LogP contribution is 2.23. The number of nitrogens with two attached hydrogens (primary N) is 1. The molecule has 0 radical (unpaired) electrons. The van der Waals surface area contributed by atoms with Crippen LogP contribution in [0.5, 0.6) is 5.75 Å². The molecular formula is C11H14ClNO3. The van der Waals surface area contributed by atoms with Gasteiger partial charge in [-0.15, -0.1) is 0 Å². The molecule has 0 aliphatic carbocycles. The Bertz CT molecular complexity index is 381. The second-order valence-corrected chi connectivity index (χ2v) is 3.68. The average molecular weight is 244 g/mol. The summed E-state index contributed by atoms with van der Waals surface area (Å²) in [6, 6.07) is 5.07. The van der Waals surface area contributed by atoms with Crippen LogP contribution < -0.4 is 10.5 Å². The lowest BCUT2D eigenvalue weighted by molar-refractivity contribution is -0.147. The first-order valence-electron chi connectivity index (χ1n) is 4.81. The summed E-state index contributed by atoms with van der Waals surface area (Å²) in [7, 11) is 1.31. The third-order valence-corrected chi connectivity index (χ3v) is 2.31. The van der Waals surface area contributed by atoms with Crippen LogP contribution in [0.1, 0.15) is 12.5 Å². The van der Waals surface area contributed by atoms with E-state index in [9.17, 15) is 4.79 Å². The van der Waals surface area contributed by atoms with Crippen molar-refractivity contribution in [1.29, 1.82) is 0 Å². The first-order chi connectivity index (χ1) is 7.58. The number of hydrogen-bond acceptors (Lipinski definition) is 4. The molecule has 4 nitrogen and oxygen atoms in total. The van der Waals surface area contributed by atoms with E-state index >= 15 is 0 Å². The van der Waals surface area contributed by atoms with Crippen LogP contribution >= 0.6 is 11.6 Å². The lowest BCUT2D eigenvalue weighted by Crippen LogP contribution is -2.25. The van der Waals surface area contributed by atoms with Crippen LogP contribution in [0.25, 0.3) is 0 Å². The predicted molar refractivity (Wildman–Crippen MR) is 61.4 cm³/mol. The second-order valence-electron chi connectivity index (χ2n) is 3.24. The van der Waals surface area contributed by atoms with Gasteiger partial charge in [0, 0.05) is 17.1 Å². The minimum atomic E-state index is -0.670. The van der Waals surface area contributed by atoms with Crippen LogP contribution in [-0.4, -0.2) is 19.2 Å². The molecule has 0 bridgehead atoms. The predicted octanol–water partition coefficient (Wildman–Crippen LogP) is 1.74. The lowest BCUT2D eigenvalue weighted by Gasteiger charge is -2.15. The maximum absolute atomic E-state index is 11.2. The molecule has 0 saturated carbocycles. The molecule has 1 aromatic carbocycles. The van der Waals surface area contributed by atoms with E-state index < -0.39 is 12.1 Å². The zero-order valence-corrected chi connectivity index (χ0v) is 9.95. The summed E-state index contributed by atoms with van der Waals surface area (Å²) >= 11 is 5.82. The van der Waals surface area contributed by atoms with E-state index in [0.29, 0.717) is 17.3 Å². The maximum Gasteiger partial charge on any atom is 0.346 e. The molecule has 0 aliphatic heterocycles. The Kier molecular flexibility index (Phi) is 4.58. The van der Waals surface area contributed by atoms with Crippen LogP contribution in [0.2, 0.25) is 5.02 Å². The molecule has 0 aliphatic rings. The van der Waals surface area contributed by atoms with Gasteiger partial charge in [0.25, 0.3) is 0 Å². The van der Waals surface area contributed by atoms with E-state index in [0.717, 1.165) is 5.56 Å². The number of methoxy groups -OCH3 is 1. The number of rotatable bonds is 4. The van der Waals surface area contributed by atoms with Crippen molar-refractivity contribution in [2.24, 2.45) is 5.73 Å². The van der Waals surface area contributed by atoms with Gasteiger partial charge >= 0.3 is 5.97 Å². The van der Waals surface area contributed by atoms with Crippen LogP contribution in [0, 0.1) is 0 Å². The van der Waals surface area contributed by atoms with Gasteiger partial charge in [-0.2, -0.15) is 0 Å². The number of esters is 1. The molecule has 0 amide bonds. The Hall–Kier alpha value is -1.26. The fraction of sp³-hybridized carbons (Fsp3) is 0.364. The quantitative estimate of drug-likeness (QED) is 0.819. The Balaban J connectivity index is 2.84. The SMILES string of the molecule is COC(=O)C(C)Oc1ccc(Cl)cc1CN. The van der Waals surface area contributed by atoms with Crippen molar-refractivity contribution < 1.29 is 14.3 Å². The fourth-order valence-electron chi connectivity index (χ4n) is 1.23. The zero-order chi connectivity index (χ0) is 12.1. The molecule has 1 aromatic rings. The fourth-order valence-corrected chi connectivity index (χ4v) is 1.42. The molecule has 0 fully saturated rings. The Morgan fingerprint density at radius 1 is 1.56 bits per heavy atom. The highest BCUT2D eigenvalue weighted by atomic mass is 35.5. The van der Waals surface area contributed by atoms with Crippen LogP contribution in [-0.2, 0) is 16.1 Å². The number of hydrogen-bond donors (Lipinski definition) is 1. The lowest BCUT2D eigenvalue weighted by atomic mass is 10.2. The molecule has 0 aromatic heterocycles. The van der Waals surface area contributed by atoms with E-state index in [2.05, 4.69) is 4.74 Å². The van der Waals surface area contributed by atoms with Gasteiger partial charge in [0.1, 0.15) is 5.75 Å². The van der Waals surface area contributed by atoms with Gasteiger partial charge in [0.15, 0.2) is 6.10 Å². The van der Waals surface area contributed by atoms with Gasteiger partial charge < -0.3 is 15.2 Å². The number of carbonyl (C=O) groups excluding carboxylic acids is 1. The van der Waals surface area contributed by atoms with Crippen LogP contribution in [0.15, 0.2) is 18.2 Å². The topological polar surface area (TPSA) is 61.5 Å². The number of carbonyl (C=O) groups is 1. The standard InChI is InChI=1S/C11H14ClNO3/c1-7(11(14)15-2)16-10-4-3-9(12)5-8(10)6-13/h3-5,7H,6,13H2,1-2H3. The third-order valence-electron chi connectivity index (χ3n) is 2.08. The molecule has 0 heterocycles. The van der Waals surface area contributed by atoms with Crippen molar-refractivity contribution in [2.45, 2.75) is 19.6 Å². The van der Waals surface area contributed by atoms with Gasteiger partial charge in [-0.25, -0.2) is 4.79 Å². The van der Waals surface area contributed by atoms with E-state index in [4.69, 9.17) is 22.1 Å². The van der Waals surface area contributed by atoms with Crippen LogP contribution in [0.4, 0.5) is 0 Å². The molecule has 5 heteroatoms. The highest BCUT2D eigenvalue weighted by molar-refractivity contribution is 6.30. The summed E-state index contributed by atoms with van der Waals surface area (Å²) in [5, 5.41) is 0.582. The van der Waals surface area contributed by atoms with Crippen molar-refractivity contribution in [1.82, 2.24) is 0 Å². The molecule has 0 saturated heterocycles. The summed E-state index contributed by atoms with van der Waals surface area (Å²) < 4.78 is 9.99. The number of halogens is 1. The summed E-state index contributed by atoms with van der Waals surface area (Å²) in [6.07, 6.45) is -0.670.